The predicted molar refractivity (Wildman–Crippen MR) is 182 cm³/mol. The van der Waals surface area contributed by atoms with Crippen molar-refractivity contribution >= 4 is 0 Å². The van der Waals surface area contributed by atoms with Crippen molar-refractivity contribution in [1.82, 2.24) is 0 Å². The van der Waals surface area contributed by atoms with E-state index in [1.54, 1.807) is 5.56 Å². The Kier molecular flexibility index (Phi) is 22.1. The number of nitrogens with zero attached hydrogens (tertiary/aromatic N) is 1. The maximum Gasteiger partial charge on any atom is 0.122 e. The van der Waals surface area contributed by atoms with Gasteiger partial charge in [0.2, 0.25) is 0 Å². The van der Waals surface area contributed by atoms with E-state index >= 15 is 0 Å². The molecule has 0 spiro atoms. The van der Waals surface area contributed by atoms with Crippen LogP contribution >= 0.6 is 0 Å². The molecule has 1 heteroatoms. The van der Waals surface area contributed by atoms with Gasteiger partial charge in [0.15, 0.2) is 0 Å². The topological polar surface area (TPSA) is 0 Å². The molecule has 0 fully saturated rings. The highest BCUT2D eigenvalue weighted by Crippen LogP contribution is 2.39. The van der Waals surface area contributed by atoms with Gasteiger partial charge >= 0.3 is 0 Å². The number of benzene rings is 1. The largest absolute Gasteiger partial charge is 0.320 e. The van der Waals surface area contributed by atoms with Crippen molar-refractivity contribution in [3.63, 3.8) is 0 Å². The van der Waals surface area contributed by atoms with Gasteiger partial charge < -0.3 is 4.48 Å². The first-order chi connectivity index (χ1) is 19.4. The Balaban J connectivity index is 2.36. The van der Waals surface area contributed by atoms with Crippen molar-refractivity contribution in [1.29, 1.82) is 0 Å². The molecule has 0 N–H and O–H groups in total. The molecule has 1 rings (SSSR count). The van der Waals surface area contributed by atoms with E-state index in [1.807, 2.05) is 0 Å². The Labute approximate surface area is 253 Å². The van der Waals surface area contributed by atoms with Crippen LogP contribution in [0.15, 0.2) is 24.3 Å². The lowest BCUT2D eigenvalue weighted by Crippen LogP contribution is -2.56. The molecule has 0 radical (unpaired) electrons. The van der Waals surface area contributed by atoms with E-state index in [4.69, 9.17) is 0 Å². The van der Waals surface area contributed by atoms with Crippen LogP contribution < -0.4 is 0 Å². The van der Waals surface area contributed by atoms with Crippen molar-refractivity contribution in [2.45, 2.75) is 194 Å². The summed E-state index contributed by atoms with van der Waals surface area (Å²) in [4.78, 5) is 0. The summed E-state index contributed by atoms with van der Waals surface area (Å²) < 4.78 is 1.12. The Morgan fingerprint density at radius 2 is 0.850 bits per heavy atom. The minimum Gasteiger partial charge on any atom is -0.320 e. The lowest BCUT2D eigenvalue weighted by molar-refractivity contribution is -0.948. The van der Waals surface area contributed by atoms with Crippen LogP contribution in [0.1, 0.15) is 192 Å². The molecule has 0 aliphatic carbocycles. The summed E-state index contributed by atoms with van der Waals surface area (Å²) in [5.41, 5.74) is 3.26. The van der Waals surface area contributed by atoms with Crippen LogP contribution in [0, 0.1) is 6.92 Å². The molecule has 0 saturated heterocycles. The van der Waals surface area contributed by atoms with E-state index in [0.29, 0.717) is 0 Å². The monoisotopic (exact) mass is 557 g/mol. The Morgan fingerprint density at radius 3 is 1.25 bits per heavy atom. The zero-order valence-electron chi connectivity index (χ0n) is 28.6. The molecule has 0 amide bonds. The summed E-state index contributed by atoms with van der Waals surface area (Å²) in [6.07, 6.45) is 35.6. The van der Waals surface area contributed by atoms with Gasteiger partial charge in [0, 0.05) is 12.0 Å². The molecule has 0 saturated carbocycles. The molecule has 1 aromatic carbocycles. The van der Waals surface area contributed by atoms with Gasteiger partial charge in [-0.2, -0.15) is 0 Å². The maximum atomic E-state index is 2.58. The SMILES string of the molecule is CCCCCCCCCCCCCCCC[N+](C)(C)C(C)(CCCCCCCCCCCC)c1ccccc1C. The van der Waals surface area contributed by atoms with E-state index in [1.165, 1.54) is 173 Å². The molecule has 1 atom stereocenters. The number of aryl methyl sites for hydroxylation is 1. The highest BCUT2D eigenvalue weighted by molar-refractivity contribution is 5.31. The Hall–Kier alpha value is -0.820. The summed E-state index contributed by atoms with van der Waals surface area (Å²) >= 11 is 0. The van der Waals surface area contributed by atoms with Crippen LogP contribution in [0.2, 0.25) is 0 Å². The van der Waals surface area contributed by atoms with Crippen molar-refractivity contribution < 1.29 is 4.48 Å². The fourth-order valence-corrected chi connectivity index (χ4v) is 6.85. The highest BCUT2D eigenvalue weighted by Gasteiger charge is 2.42. The van der Waals surface area contributed by atoms with Gasteiger partial charge in [-0.25, -0.2) is 0 Å². The van der Waals surface area contributed by atoms with Crippen LogP contribution in [-0.4, -0.2) is 25.1 Å². The maximum absolute atomic E-state index is 2.58. The summed E-state index contributed by atoms with van der Waals surface area (Å²) in [5, 5.41) is 0. The van der Waals surface area contributed by atoms with Crippen molar-refractivity contribution in [2.24, 2.45) is 0 Å². The van der Waals surface area contributed by atoms with Gasteiger partial charge in [-0.15, -0.1) is 0 Å². The van der Waals surface area contributed by atoms with Crippen molar-refractivity contribution in [3.8, 4) is 0 Å². The number of quaternary nitrogens is 1. The molecule has 234 valence electrons. The summed E-state index contributed by atoms with van der Waals surface area (Å²) in [5.74, 6) is 0. The number of rotatable bonds is 28. The standard InChI is InChI=1S/C39H74N/c1-7-9-11-13-15-17-19-20-21-22-24-26-28-32-36-40(5,6)39(4,38-34-30-29-33-37(38)3)35-31-27-25-23-18-16-14-12-10-8-2/h29-30,33-34H,7-28,31-32,35-36H2,1-6H3/q+1. The quantitative estimate of drug-likeness (QED) is 0.0711. The number of unbranched alkanes of at least 4 members (excludes halogenated alkanes) is 22. The first kappa shape index (κ1) is 37.2. The first-order valence-electron chi connectivity index (χ1n) is 18.3. The van der Waals surface area contributed by atoms with Crippen molar-refractivity contribution in [2.75, 3.05) is 20.6 Å². The normalized spacial score (nSPS) is 13.6. The molecule has 0 aliphatic rings. The highest BCUT2D eigenvalue weighted by atomic mass is 15.4. The van der Waals surface area contributed by atoms with E-state index < -0.39 is 0 Å². The average Bonchev–Trinajstić information content (AvgIpc) is 2.94. The Morgan fingerprint density at radius 1 is 0.500 bits per heavy atom. The van der Waals surface area contributed by atoms with Gasteiger partial charge in [-0.05, 0) is 38.7 Å². The number of hydrogen-bond acceptors (Lipinski definition) is 0. The number of hydrogen-bond donors (Lipinski definition) is 0. The van der Waals surface area contributed by atoms with Gasteiger partial charge in [0.05, 0.1) is 20.6 Å². The third-order valence-electron chi connectivity index (χ3n) is 10.1. The molecule has 1 unspecified atom stereocenters. The van der Waals surface area contributed by atoms with E-state index in [0.717, 1.165) is 4.48 Å². The second-order valence-electron chi connectivity index (χ2n) is 14.0. The smallest absolute Gasteiger partial charge is 0.122 e. The van der Waals surface area contributed by atoms with Crippen LogP contribution in [0.3, 0.4) is 0 Å². The summed E-state index contributed by atoms with van der Waals surface area (Å²) in [7, 11) is 5.04. The third kappa shape index (κ3) is 16.0. The van der Waals surface area contributed by atoms with Crippen LogP contribution in [0.5, 0.6) is 0 Å². The summed E-state index contributed by atoms with van der Waals surface area (Å²) in [6, 6.07) is 9.24. The van der Waals surface area contributed by atoms with E-state index in [-0.39, 0.29) is 5.54 Å². The zero-order valence-corrected chi connectivity index (χ0v) is 28.6. The summed E-state index contributed by atoms with van der Waals surface area (Å²) in [6.45, 7) is 10.8. The Bertz CT molecular complexity index is 692. The van der Waals surface area contributed by atoms with Gasteiger partial charge in [0.25, 0.3) is 0 Å². The first-order valence-corrected chi connectivity index (χ1v) is 18.3. The van der Waals surface area contributed by atoms with Crippen molar-refractivity contribution in [3.05, 3.63) is 35.4 Å². The fraction of sp³-hybridized carbons (Fsp3) is 0.846. The molecule has 1 nitrogen and oxygen atoms in total. The molecule has 1 aromatic rings. The molecular weight excluding hydrogens is 482 g/mol. The molecular formula is C39H74N+. The second-order valence-corrected chi connectivity index (χ2v) is 14.0. The molecule has 0 bridgehead atoms. The van der Waals surface area contributed by atoms with Gasteiger partial charge in [-0.3, -0.25) is 0 Å². The van der Waals surface area contributed by atoms with Crippen LogP contribution in [-0.2, 0) is 5.54 Å². The van der Waals surface area contributed by atoms with Crippen LogP contribution in [0.4, 0.5) is 0 Å². The average molecular weight is 557 g/mol. The molecule has 0 aliphatic heterocycles. The molecule has 0 heterocycles. The van der Waals surface area contributed by atoms with Gasteiger partial charge in [-0.1, -0.05) is 173 Å². The predicted octanol–water partition coefficient (Wildman–Crippen LogP) is 13.1. The lowest BCUT2D eigenvalue weighted by Gasteiger charge is -2.48. The van der Waals surface area contributed by atoms with E-state index in [2.05, 4.69) is 66.1 Å². The minimum atomic E-state index is 0.196. The van der Waals surface area contributed by atoms with Crippen LogP contribution in [0.25, 0.3) is 0 Å². The lowest BCUT2D eigenvalue weighted by atomic mass is 9.80. The fourth-order valence-electron chi connectivity index (χ4n) is 6.85. The molecule has 0 aromatic heterocycles. The minimum absolute atomic E-state index is 0.196. The molecule has 40 heavy (non-hydrogen) atoms. The zero-order chi connectivity index (χ0) is 29.4. The van der Waals surface area contributed by atoms with E-state index in [9.17, 15) is 0 Å². The second kappa shape index (κ2) is 23.7. The van der Waals surface area contributed by atoms with Gasteiger partial charge in [0.1, 0.15) is 5.54 Å². The third-order valence-corrected chi connectivity index (χ3v) is 10.1.